The summed E-state index contributed by atoms with van der Waals surface area (Å²) >= 11 is 6.02. The van der Waals surface area contributed by atoms with Crippen molar-refractivity contribution >= 4 is 41.0 Å². The van der Waals surface area contributed by atoms with Crippen LogP contribution >= 0.6 is 11.6 Å². The van der Waals surface area contributed by atoms with Gasteiger partial charge in [-0.1, -0.05) is 23.7 Å². The van der Waals surface area contributed by atoms with Crippen molar-refractivity contribution in [2.75, 3.05) is 18.1 Å². The van der Waals surface area contributed by atoms with Crippen LogP contribution in [0.25, 0.3) is 0 Å². The number of carbonyl (C=O) groups excluding carboxylic acids is 1. The normalized spacial score (nSPS) is 13.4. The molecule has 0 unspecified atom stereocenters. The van der Waals surface area contributed by atoms with Crippen molar-refractivity contribution in [3.8, 4) is 5.75 Å². The number of benzodiazepines with no additional fused rings is 1. The molecule has 0 saturated heterocycles. The first kappa shape index (κ1) is 19.8. The summed E-state index contributed by atoms with van der Waals surface area (Å²) in [4.78, 5) is 16.7. The average Bonchev–Trinajstić information content (AvgIpc) is 2.82. The van der Waals surface area contributed by atoms with Gasteiger partial charge in [-0.25, -0.2) is 0 Å². The molecular weight excluding hydrogens is 376 g/mol. The number of amidine groups is 2. The first-order valence-electron chi connectivity index (χ1n) is 8.95. The molecule has 0 aliphatic carbocycles. The fourth-order valence-electron chi connectivity index (χ4n) is 3.04. The Morgan fingerprint density at radius 3 is 2.71 bits per heavy atom. The van der Waals surface area contributed by atoms with Crippen LogP contribution in [-0.2, 0) is 4.79 Å². The van der Waals surface area contributed by atoms with E-state index >= 15 is 0 Å². The van der Waals surface area contributed by atoms with Gasteiger partial charge in [0.1, 0.15) is 23.7 Å². The molecule has 2 N–H and O–H groups in total. The van der Waals surface area contributed by atoms with Crippen molar-refractivity contribution < 1.29 is 9.53 Å². The first-order chi connectivity index (χ1) is 13.5. The lowest BCUT2D eigenvalue weighted by Gasteiger charge is -2.24. The minimum Gasteiger partial charge on any atom is -0.494 e. The Labute approximate surface area is 168 Å². The van der Waals surface area contributed by atoms with Crippen LogP contribution in [0.3, 0.4) is 0 Å². The largest absolute Gasteiger partial charge is 0.494 e. The number of hydrogen-bond donors (Lipinski definition) is 2. The van der Waals surface area contributed by atoms with Gasteiger partial charge < -0.3 is 9.53 Å². The van der Waals surface area contributed by atoms with Gasteiger partial charge in [0.15, 0.2) is 0 Å². The van der Waals surface area contributed by atoms with Crippen LogP contribution in [0, 0.1) is 10.8 Å². The van der Waals surface area contributed by atoms with Crippen LogP contribution in [0.1, 0.15) is 30.9 Å². The third-order valence-electron chi connectivity index (χ3n) is 4.31. The van der Waals surface area contributed by atoms with Crippen LogP contribution in [0.5, 0.6) is 5.75 Å². The van der Waals surface area contributed by atoms with E-state index in [1.807, 2.05) is 30.3 Å². The number of rotatable bonds is 6. The number of nitrogens with zero attached hydrogens (tertiary/aromatic N) is 2. The molecule has 0 atom stereocenters. The highest BCUT2D eigenvalue weighted by Crippen LogP contribution is 2.31. The fraction of sp³-hybridized carbons (Fsp3) is 0.238. The monoisotopic (exact) mass is 396 g/mol. The van der Waals surface area contributed by atoms with Crippen LogP contribution in [0.15, 0.2) is 47.5 Å². The predicted molar refractivity (Wildman–Crippen MR) is 113 cm³/mol. The molecule has 7 heteroatoms. The summed E-state index contributed by atoms with van der Waals surface area (Å²) in [5, 5.41) is 17.1. The van der Waals surface area contributed by atoms with Gasteiger partial charge in [0.2, 0.25) is 0 Å². The molecule has 144 valence electrons. The summed E-state index contributed by atoms with van der Waals surface area (Å²) in [6, 6.07) is 12.9. The lowest BCUT2D eigenvalue weighted by atomic mass is 9.99. The van der Waals surface area contributed by atoms with Gasteiger partial charge in [-0.15, -0.1) is 0 Å². The van der Waals surface area contributed by atoms with Crippen LogP contribution in [0.2, 0.25) is 5.02 Å². The summed E-state index contributed by atoms with van der Waals surface area (Å²) < 4.78 is 5.78. The zero-order chi connectivity index (χ0) is 20.1. The third kappa shape index (κ3) is 4.28. The standard InChI is InChI=1S/C21H21ClN4O2/c1-14(23)26-19-9-8-17(28-11-3-2-10-27)12-18(19)21(25-13-20(26)24)15-4-6-16(22)7-5-15/h4-10,12,23-24H,2-3,11,13H2,1H3. The Bertz CT molecular complexity index is 938. The summed E-state index contributed by atoms with van der Waals surface area (Å²) in [7, 11) is 0. The smallest absolute Gasteiger partial charge is 0.128 e. The van der Waals surface area contributed by atoms with Crippen molar-refractivity contribution in [3.05, 3.63) is 58.6 Å². The zero-order valence-corrected chi connectivity index (χ0v) is 16.3. The molecule has 1 heterocycles. The molecule has 1 aliphatic heterocycles. The van der Waals surface area contributed by atoms with Gasteiger partial charge in [0.25, 0.3) is 0 Å². The number of unbranched alkanes of at least 4 members (excludes halogenated alkanes) is 1. The highest BCUT2D eigenvalue weighted by Gasteiger charge is 2.25. The third-order valence-corrected chi connectivity index (χ3v) is 4.56. The second kappa shape index (κ2) is 8.80. The molecular formula is C21H21ClN4O2. The maximum Gasteiger partial charge on any atom is 0.128 e. The average molecular weight is 397 g/mol. The van der Waals surface area contributed by atoms with Crippen LogP contribution in [-0.4, -0.2) is 36.8 Å². The molecule has 0 saturated carbocycles. The molecule has 0 amide bonds. The van der Waals surface area contributed by atoms with Crippen molar-refractivity contribution in [2.24, 2.45) is 4.99 Å². The number of nitrogens with one attached hydrogen (secondary N) is 2. The van der Waals surface area contributed by atoms with E-state index in [0.29, 0.717) is 35.9 Å². The molecule has 0 aromatic heterocycles. The SMILES string of the molecule is CC(=N)N1C(=N)CN=C(c2ccc(Cl)cc2)c2cc(OCCCC=O)ccc21. The number of ether oxygens (including phenoxy) is 1. The topological polar surface area (TPSA) is 89.6 Å². The van der Waals surface area contributed by atoms with Gasteiger partial charge in [-0.2, -0.15) is 0 Å². The summed E-state index contributed by atoms with van der Waals surface area (Å²) in [6.07, 6.45) is 1.98. The number of benzene rings is 2. The van der Waals surface area contributed by atoms with E-state index in [4.69, 9.17) is 27.2 Å². The van der Waals surface area contributed by atoms with E-state index in [9.17, 15) is 4.79 Å². The second-order valence-corrected chi connectivity index (χ2v) is 6.81. The molecule has 28 heavy (non-hydrogen) atoms. The minimum atomic E-state index is 0.165. The van der Waals surface area contributed by atoms with Crippen molar-refractivity contribution in [3.63, 3.8) is 0 Å². The molecule has 6 nitrogen and oxygen atoms in total. The number of hydrogen-bond acceptors (Lipinski definition) is 5. The summed E-state index contributed by atoms with van der Waals surface area (Å²) in [5.74, 6) is 1.14. The van der Waals surface area contributed by atoms with Crippen molar-refractivity contribution in [2.45, 2.75) is 19.8 Å². The number of aldehydes is 1. The van der Waals surface area contributed by atoms with Gasteiger partial charge in [-0.05, 0) is 43.7 Å². The zero-order valence-electron chi connectivity index (χ0n) is 15.5. The summed E-state index contributed by atoms with van der Waals surface area (Å²) in [6.45, 7) is 2.25. The van der Waals surface area contributed by atoms with E-state index < -0.39 is 0 Å². The minimum absolute atomic E-state index is 0.165. The second-order valence-electron chi connectivity index (χ2n) is 6.38. The number of halogens is 1. The first-order valence-corrected chi connectivity index (χ1v) is 9.33. The van der Waals surface area contributed by atoms with Crippen LogP contribution in [0.4, 0.5) is 5.69 Å². The highest BCUT2D eigenvalue weighted by atomic mass is 35.5. The van der Waals surface area contributed by atoms with Gasteiger partial charge in [0.05, 0.1) is 24.6 Å². The Kier molecular flexibility index (Phi) is 6.21. The highest BCUT2D eigenvalue weighted by molar-refractivity contribution is 6.31. The van der Waals surface area contributed by atoms with Gasteiger partial charge in [-0.3, -0.25) is 20.7 Å². The molecule has 0 fully saturated rings. The van der Waals surface area contributed by atoms with Crippen molar-refractivity contribution in [1.82, 2.24) is 0 Å². The summed E-state index contributed by atoms with van der Waals surface area (Å²) in [5.41, 5.74) is 3.09. The van der Waals surface area contributed by atoms with E-state index in [1.165, 1.54) is 0 Å². The Morgan fingerprint density at radius 1 is 1.29 bits per heavy atom. The quantitative estimate of drug-likeness (QED) is 0.329. The van der Waals surface area contributed by atoms with E-state index in [1.54, 1.807) is 24.0 Å². The predicted octanol–water partition coefficient (Wildman–Crippen LogP) is 4.33. The lowest BCUT2D eigenvalue weighted by molar-refractivity contribution is -0.108. The molecule has 2 aromatic rings. The van der Waals surface area contributed by atoms with E-state index in [0.717, 1.165) is 23.1 Å². The number of anilines is 1. The van der Waals surface area contributed by atoms with Crippen LogP contribution < -0.4 is 9.64 Å². The molecule has 1 aliphatic rings. The maximum atomic E-state index is 10.5. The molecule has 2 aromatic carbocycles. The van der Waals surface area contributed by atoms with Gasteiger partial charge >= 0.3 is 0 Å². The van der Waals surface area contributed by atoms with E-state index in [2.05, 4.69) is 4.99 Å². The number of aliphatic imine (C=N–C) groups is 1. The molecule has 0 radical (unpaired) electrons. The molecule has 0 spiro atoms. The molecule has 3 rings (SSSR count). The lowest BCUT2D eigenvalue weighted by Crippen LogP contribution is -2.35. The maximum absolute atomic E-state index is 10.5. The number of fused-ring (bicyclic) bond motifs is 1. The molecule has 0 bridgehead atoms. The van der Waals surface area contributed by atoms with Gasteiger partial charge in [0, 0.05) is 22.6 Å². The van der Waals surface area contributed by atoms with E-state index in [-0.39, 0.29) is 18.2 Å². The Hall–Kier alpha value is -2.99. The Balaban J connectivity index is 2.05. The Morgan fingerprint density at radius 2 is 2.04 bits per heavy atom. The van der Waals surface area contributed by atoms with Crippen molar-refractivity contribution in [1.29, 1.82) is 10.8 Å². The fourth-order valence-corrected chi connectivity index (χ4v) is 3.17. The number of carbonyl (C=O) groups is 1.